The van der Waals surface area contributed by atoms with E-state index < -0.39 is 0 Å². The summed E-state index contributed by atoms with van der Waals surface area (Å²) in [6, 6.07) is 3.64. The van der Waals surface area contributed by atoms with Crippen LogP contribution in [0.4, 0.5) is 0 Å². The van der Waals surface area contributed by atoms with E-state index in [1.807, 2.05) is 11.4 Å². The molecule has 4 heteroatoms. The van der Waals surface area contributed by atoms with Crippen molar-refractivity contribution in [3.8, 4) is 5.75 Å². The second-order valence-corrected chi connectivity index (χ2v) is 4.25. The Labute approximate surface area is 90.7 Å². The molecule has 0 saturated heterocycles. The summed E-state index contributed by atoms with van der Waals surface area (Å²) in [5, 5.41) is 12.7. The quantitative estimate of drug-likeness (QED) is 0.856. The van der Waals surface area contributed by atoms with E-state index in [9.17, 15) is 0 Å². The molecule has 0 aliphatic rings. The first kappa shape index (κ1) is 9.77. The summed E-state index contributed by atoms with van der Waals surface area (Å²) < 4.78 is 6.26. The Kier molecular flexibility index (Phi) is 2.63. The fraction of sp³-hybridized carbons (Fsp3) is 0.200. The van der Waals surface area contributed by atoms with Gasteiger partial charge in [-0.2, -0.15) is 0 Å². The number of fused-ring (bicyclic) bond motifs is 1. The van der Waals surface area contributed by atoms with Crippen molar-refractivity contribution in [2.75, 3.05) is 7.11 Å². The third-order valence-corrected chi connectivity index (χ3v) is 3.27. The molecule has 2 nitrogen and oxygen atoms in total. The molecule has 0 aliphatic carbocycles. The number of hydrogen-bond donors (Lipinski definition) is 1. The van der Waals surface area contributed by atoms with Gasteiger partial charge in [-0.25, -0.2) is 0 Å². The van der Waals surface area contributed by atoms with E-state index in [2.05, 4.69) is 0 Å². The fourth-order valence-electron chi connectivity index (χ4n) is 1.44. The van der Waals surface area contributed by atoms with Crippen molar-refractivity contribution in [3.05, 3.63) is 28.1 Å². The molecule has 0 spiro atoms. The Morgan fingerprint density at radius 3 is 2.93 bits per heavy atom. The largest absolute Gasteiger partial charge is 0.496 e. The van der Waals surface area contributed by atoms with Crippen molar-refractivity contribution >= 4 is 33.0 Å². The maximum Gasteiger partial charge on any atom is 0.129 e. The number of benzene rings is 1. The standard InChI is InChI=1S/C10H9ClO2S/c1-13-8-2-7(11)3-9-10(8)6(4-12)5-14-9/h2-3,5,12H,4H2,1H3. The molecule has 2 aromatic rings. The van der Waals surface area contributed by atoms with Gasteiger partial charge >= 0.3 is 0 Å². The Morgan fingerprint density at radius 2 is 2.29 bits per heavy atom. The molecule has 2 rings (SSSR count). The van der Waals surface area contributed by atoms with Gasteiger partial charge in [-0.05, 0) is 23.1 Å². The van der Waals surface area contributed by atoms with Crippen LogP contribution < -0.4 is 4.74 Å². The molecule has 1 heterocycles. The molecule has 0 radical (unpaired) electrons. The Bertz CT molecular complexity index is 464. The summed E-state index contributed by atoms with van der Waals surface area (Å²) >= 11 is 7.48. The molecule has 14 heavy (non-hydrogen) atoms. The number of ether oxygens (including phenoxy) is 1. The van der Waals surface area contributed by atoms with Crippen molar-refractivity contribution in [2.45, 2.75) is 6.61 Å². The average Bonchev–Trinajstić information content (AvgIpc) is 2.59. The lowest BCUT2D eigenvalue weighted by Gasteiger charge is -2.04. The molecule has 0 fully saturated rings. The third kappa shape index (κ3) is 1.47. The zero-order valence-corrected chi connectivity index (χ0v) is 9.15. The van der Waals surface area contributed by atoms with Gasteiger partial charge in [0.05, 0.1) is 13.7 Å². The van der Waals surface area contributed by atoms with E-state index in [4.69, 9.17) is 21.4 Å². The lowest BCUT2D eigenvalue weighted by Crippen LogP contribution is -1.86. The molecule has 1 aromatic heterocycles. The van der Waals surface area contributed by atoms with Crippen LogP contribution >= 0.6 is 22.9 Å². The molecular weight excluding hydrogens is 220 g/mol. The lowest BCUT2D eigenvalue weighted by molar-refractivity contribution is 0.283. The van der Waals surface area contributed by atoms with Crippen LogP contribution in [-0.2, 0) is 6.61 Å². The molecule has 0 atom stereocenters. The molecule has 1 aromatic carbocycles. The number of thiophene rings is 1. The average molecular weight is 229 g/mol. The van der Waals surface area contributed by atoms with Crippen LogP contribution in [0.3, 0.4) is 0 Å². The minimum absolute atomic E-state index is 0.0258. The highest BCUT2D eigenvalue weighted by Crippen LogP contribution is 2.36. The van der Waals surface area contributed by atoms with E-state index in [0.29, 0.717) is 5.02 Å². The number of hydrogen-bond acceptors (Lipinski definition) is 3. The van der Waals surface area contributed by atoms with Crippen molar-refractivity contribution in [2.24, 2.45) is 0 Å². The SMILES string of the molecule is COc1cc(Cl)cc2scc(CO)c12. The molecule has 0 amide bonds. The van der Waals surface area contributed by atoms with Gasteiger partial charge in [0.1, 0.15) is 5.75 Å². The second-order valence-electron chi connectivity index (χ2n) is 2.90. The van der Waals surface area contributed by atoms with Crippen LogP contribution in [0.2, 0.25) is 5.02 Å². The number of aliphatic hydroxyl groups excluding tert-OH is 1. The number of methoxy groups -OCH3 is 1. The van der Waals surface area contributed by atoms with Gasteiger partial charge in [0, 0.05) is 15.1 Å². The first-order chi connectivity index (χ1) is 6.76. The first-order valence-corrected chi connectivity index (χ1v) is 5.36. The summed E-state index contributed by atoms with van der Waals surface area (Å²) in [6.07, 6.45) is 0. The maximum atomic E-state index is 9.13. The van der Waals surface area contributed by atoms with Gasteiger partial charge in [-0.3, -0.25) is 0 Å². The van der Waals surface area contributed by atoms with E-state index in [-0.39, 0.29) is 6.61 Å². The van der Waals surface area contributed by atoms with Gasteiger partial charge in [0.2, 0.25) is 0 Å². The molecular formula is C10H9ClO2S. The molecule has 74 valence electrons. The lowest BCUT2D eigenvalue weighted by atomic mass is 10.1. The second kappa shape index (κ2) is 3.77. The van der Waals surface area contributed by atoms with Gasteiger partial charge < -0.3 is 9.84 Å². The number of aliphatic hydroxyl groups is 1. The van der Waals surface area contributed by atoms with E-state index in [1.165, 1.54) is 0 Å². The first-order valence-electron chi connectivity index (χ1n) is 4.10. The minimum Gasteiger partial charge on any atom is -0.496 e. The number of halogens is 1. The summed E-state index contributed by atoms with van der Waals surface area (Å²) in [7, 11) is 1.60. The minimum atomic E-state index is 0.0258. The Balaban J connectivity index is 2.78. The van der Waals surface area contributed by atoms with E-state index in [0.717, 1.165) is 21.4 Å². The Morgan fingerprint density at radius 1 is 1.50 bits per heavy atom. The van der Waals surface area contributed by atoms with Crippen LogP contribution in [0, 0.1) is 0 Å². The van der Waals surface area contributed by atoms with Crippen molar-refractivity contribution in [3.63, 3.8) is 0 Å². The van der Waals surface area contributed by atoms with Crippen molar-refractivity contribution in [1.29, 1.82) is 0 Å². The fourth-order valence-corrected chi connectivity index (χ4v) is 2.72. The van der Waals surface area contributed by atoms with E-state index >= 15 is 0 Å². The van der Waals surface area contributed by atoms with Crippen LogP contribution in [0.1, 0.15) is 5.56 Å². The molecule has 0 unspecified atom stereocenters. The van der Waals surface area contributed by atoms with Crippen LogP contribution in [0.5, 0.6) is 5.75 Å². The third-order valence-electron chi connectivity index (χ3n) is 2.07. The zero-order chi connectivity index (χ0) is 10.1. The summed E-state index contributed by atoms with van der Waals surface area (Å²) in [5.41, 5.74) is 0.888. The monoisotopic (exact) mass is 228 g/mol. The highest BCUT2D eigenvalue weighted by atomic mass is 35.5. The van der Waals surface area contributed by atoms with Crippen molar-refractivity contribution < 1.29 is 9.84 Å². The highest BCUT2D eigenvalue weighted by molar-refractivity contribution is 7.17. The van der Waals surface area contributed by atoms with E-state index in [1.54, 1.807) is 24.5 Å². The zero-order valence-electron chi connectivity index (χ0n) is 7.58. The molecule has 1 N–H and O–H groups in total. The summed E-state index contributed by atoms with van der Waals surface area (Å²) in [6.45, 7) is 0.0258. The summed E-state index contributed by atoms with van der Waals surface area (Å²) in [4.78, 5) is 0. The van der Waals surface area contributed by atoms with Gasteiger partial charge in [-0.15, -0.1) is 11.3 Å². The molecule has 0 bridgehead atoms. The highest BCUT2D eigenvalue weighted by Gasteiger charge is 2.09. The topological polar surface area (TPSA) is 29.5 Å². The summed E-state index contributed by atoms with van der Waals surface area (Å²) in [5.74, 6) is 0.720. The van der Waals surface area contributed by atoms with Gasteiger partial charge in [0.15, 0.2) is 0 Å². The Hall–Kier alpha value is -0.770. The van der Waals surface area contributed by atoms with Crippen LogP contribution in [0.15, 0.2) is 17.5 Å². The van der Waals surface area contributed by atoms with Crippen LogP contribution in [-0.4, -0.2) is 12.2 Å². The van der Waals surface area contributed by atoms with Gasteiger partial charge in [-0.1, -0.05) is 11.6 Å². The predicted molar refractivity (Wildman–Crippen MR) is 59.3 cm³/mol. The smallest absolute Gasteiger partial charge is 0.129 e. The predicted octanol–water partition coefficient (Wildman–Crippen LogP) is 3.06. The normalized spacial score (nSPS) is 10.8. The van der Waals surface area contributed by atoms with Gasteiger partial charge in [0.25, 0.3) is 0 Å². The maximum absolute atomic E-state index is 9.13. The van der Waals surface area contributed by atoms with Crippen LogP contribution in [0.25, 0.3) is 10.1 Å². The number of rotatable bonds is 2. The van der Waals surface area contributed by atoms with Crippen molar-refractivity contribution in [1.82, 2.24) is 0 Å². The molecule has 0 saturated carbocycles. The molecule has 0 aliphatic heterocycles.